The van der Waals surface area contributed by atoms with Crippen molar-refractivity contribution < 1.29 is 9.18 Å². The van der Waals surface area contributed by atoms with Gasteiger partial charge in [0.05, 0.1) is 11.2 Å². The number of rotatable bonds is 2. The lowest BCUT2D eigenvalue weighted by Gasteiger charge is -1.89. The first kappa shape index (κ1) is 8.69. The van der Waals surface area contributed by atoms with Gasteiger partial charge in [0.2, 0.25) is 5.78 Å². The van der Waals surface area contributed by atoms with E-state index in [-0.39, 0.29) is 11.6 Å². The Morgan fingerprint density at radius 3 is 2.93 bits per heavy atom. The van der Waals surface area contributed by atoms with E-state index < -0.39 is 0 Å². The molecule has 14 heavy (non-hydrogen) atoms. The second-order valence-corrected chi connectivity index (χ2v) is 2.96. The van der Waals surface area contributed by atoms with E-state index in [1.54, 1.807) is 18.2 Å². The number of hydrogen-bond donors (Lipinski definition) is 1. The SMILES string of the molecule is C=CC(=O)c1cc2cccc(F)c2[nH]1. The van der Waals surface area contributed by atoms with E-state index in [1.165, 1.54) is 12.1 Å². The Labute approximate surface area is 80.1 Å². The van der Waals surface area contributed by atoms with Crippen molar-refractivity contribution in [2.75, 3.05) is 0 Å². The summed E-state index contributed by atoms with van der Waals surface area (Å²) in [7, 11) is 0. The Bertz CT molecular complexity index is 513. The second-order valence-electron chi connectivity index (χ2n) is 2.96. The molecule has 0 radical (unpaired) electrons. The van der Waals surface area contributed by atoms with E-state index in [9.17, 15) is 9.18 Å². The van der Waals surface area contributed by atoms with Crippen molar-refractivity contribution in [3.8, 4) is 0 Å². The fourth-order valence-electron chi connectivity index (χ4n) is 1.36. The summed E-state index contributed by atoms with van der Waals surface area (Å²) in [4.78, 5) is 13.9. The van der Waals surface area contributed by atoms with Crippen LogP contribution in [0.2, 0.25) is 0 Å². The zero-order valence-corrected chi connectivity index (χ0v) is 7.38. The van der Waals surface area contributed by atoms with Gasteiger partial charge in [0.1, 0.15) is 5.82 Å². The maximum absolute atomic E-state index is 13.2. The number of para-hydroxylation sites is 1. The van der Waals surface area contributed by atoms with Crippen LogP contribution >= 0.6 is 0 Å². The van der Waals surface area contributed by atoms with Crippen molar-refractivity contribution in [3.05, 3.63) is 48.4 Å². The van der Waals surface area contributed by atoms with E-state index in [0.29, 0.717) is 16.6 Å². The van der Waals surface area contributed by atoms with Gasteiger partial charge in [0, 0.05) is 5.39 Å². The van der Waals surface area contributed by atoms with E-state index in [2.05, 4.69) is 11.6 Å². The topological polar surface area (TPSA) is 32.9 Å². The molecule has 0 aliphatic heterocycles. The number of carbonyl (C=O) groups excluding carboxylic acids is 1. The van der Waals surface area contributed by atoms with E-state index in [1.807, 2.05) is 0 Å². The minimum Gasteiger partial charge on any atom is -0.349 e. The number of halogens is 1. The number of carbonyl (C=O) groups is 1. The van der Waals surface area contributed by atoms with Gasteiger partial charge >= 0.3 is 0 Å². The maximum atomic E-state index is 13.2. The molecule has 2 rings (SSSR count). The van der Waals surface area contributed by atoms with Gasteiger partial charge in [-0.25, -0.2) is 4.39 Å². The number of fused-ring (bicyclic) bond motifs is 1. The molecule has 1 N–H and O–H groups in total. The van der Waals surface area contributed by atoms with Gasteiger partial charge in [-0.05, 0) is 18.2 Å². The summed E-state index contributed by atoms with van der Waals surface area (Å²) >= 11 is 0. The Morgan fingerprint density at radius 2 is 2.29 bits per heavy atom. The summed E-state index contributed by atoms with van der Waals surface area (Å²) in [5.41, 5.74) is 0.720. The van der Waals surface area contributed by atoms with Gasteiger partial charge in [0.25, 0.3) is 0 Å². The summed E-state index contributed by atoms with van der Waals surface area (Å²) in [5, 5.41) is 0.690. The minimum absolute atomic E-state index is 0.236. The number of aromatic amines is 1. The lowest BCUT2D eigenvalue weighted by molar-refractivity contribution is 0.104. The van der Waals surface area contributed by atoms with Gasteiger partial charge < -0.3 is 4.98 Å². The molecule has 1 aromatic heterocycles. The number of hydrogen-bond acceptors (Lipinski definition) is 1. The van der Waals surface area contributed by atoms with Crippen LogP contribution < -0.4 is 0 Å². The summed E-state index contributed by atoms with van der Waals surface area (Å²) in [6.45, 7) is 3.37. The third-order valence-corrected chi connectivity index (χ3v) is 2.06. The summed E-state index contributed by atoms with van der Waals surface area (Å²) in [5.74, 6) is -0.591. The van der Waals surface area contributed by atoms with Crippen molar-refractivity contribution in [1.82, 2.24) is 4.98 Å². The van der Waals surface area contributed by atoms with Crippen molar-refractivity contribution in [3.63, 3.8) is 0 Å². The molecular formula is C11H8FNO. The first-order valence-electron chi connectivity index (χ1n) is 4.16. The quantitative estimate of drug-likeness (QED) is 0.571. The van der Waals surface area contributed by atoms with Gasteiger partial charge in [-0.2, -0.15) is 0 Å². The fourth-order valence-corrected chi connectivity index (χ4v) is 1.36. The fraction of sp³-hybridized carbons (Fsp3) is 0. The van der Waals surface area contributed by atoms with Crippen molar-refractivity contribution in [2.45, 2.75) is 0 Å². The van der Waals surface area contributed by atoms with E-state index in [4.69, 9.17) is 0 Å². The number of nitrogens with one attached hydrogen (secondary N) is 1. The Kier molecular flexibility index (Phi) is 1.93. The Morgan fingerprint density at radius 1 is 1.50 bits per heavy atom. The van der Waals surface area contributed by atoms with Crippen LogP contribution in [0.1, 0.15) is 10.5 Å². The number of allylic oxidation sites excluding steroid dienone is 1. The maximum Gasteiger partial charge on any atom is 0.201 e. The molecule has 2 nitrogen and oxygen atoms in total. The van der Waals surface area contributed by atoms with Crippen LogP contribution in [0.25, 0.3) is 10.9 Å². The average Bonchev–Trinajstić information content (AvgIpc) is 2.62. The third kappa shape index (κ3) is 1.23. The number of benzene rings is 1. The predicted molar refractivity (Wildman–Crippen MR) is 52.8 cm³/mol. The molecule has 0 unspecified atom stereocenters. The van der Waals surface area contributed by atoms with Crippen LogP contribution in [0.4, 0.5) is 4.39 Å². The molecular weight excluding hydrogens is 181 g/mol. The van der Waals surface area contributed by atoms with E-state index in [0.717, 1.165) is 0 Å². The van der Waals surface area contributed by atoms with Crippen LogP contribution in [-0.4, -0.2) is 10.8 Å². The molecule has 0 bridgehead atoms. The molecule has 0 spiro atoms. The third-order valence-electron chi connectivity index (χ3n) is 2.06. The molecule has 0 aliphatic carbocycles. The Hall–Kier alpha value is -1.90. The normalized spacial score (nSPS) is 10.4. The van der Waals surface area contributed by atoms with E-state index >= 15 is 0 Å². The molecule has 1 heterocycles. The van der Waals surface area contributed by atoms with Gasteiger partial charge in [-0.15, -0.1) is 0 Å². The van der Waals surface area contributed by atoms with Gasteiger partial charge in [-0.3, -0.25) is 4.79 Å². The molecule has 70 valence electrons. The highest BCUT2D eigenvalue weighted by atomic mass is 19.1. The Balaban J connectivity index is 2.68. The van der Waals surface area contributed by atoms with Crippen LogP contribution in [-0.2, 0) is 0 Å². The highest BCUT2D eigenvalue weighted by Crippen LogP contribution is 2.18. The molecule has 2 aromatic rings. The van der Waals surface area contributed by atoms with Crippen LogP contribution in [0.15, 0.2) is 36.9 Å². The number of aromatic nitrogens is 1. The first-order valence-corrected chi connectivity index (χ1v) is 4.16. The highest BCUT2D eigenvalue weighted by Gasteiger charge is 2.08. The highest BCUT2D eigenvalue weighted by molar-refractivity contribution is 6.05. The standard InChI is InChI=1S/C11H8FNO/c1-2-10(14)9-6-7-4-3-5-8(12)11(7)13-9/h2-6,13H,1H2. The largest absolute Gasteiger partial charge is 0.349 e. The number of ketones is 1. The second kappa shape index (κ2) is 3.10. The number of H-pyrrole nitrogens is 1. The molecule has 0 aliphatic rings. The zero-order chi connectivity index (χ0) is 10.1. The lowest BCUT2D eigenvalue weighted by atomic mass is 10.2. The molecule has 1 aromatic carbocycles. The smallest absolute Gasteiger partial charge is 0.201 e. The van der Waals surface area contributed by atoms with Crippen molar-refractivity contribution in [1.29, 1.82) is 0 Å². The zero-order valence-electron chi connectivity index (χ0n) is 7.38. The molecule has 0 saturated heterocycles. The van der Waals surface area contributed by atoms with Crippen LogP contribution in [0, 0.1) is 5.82 Å². The molecule has 0 saturated carbocycles. The van der Waals surface area contributed by atoms with Crippen molar-refractivity contribution in [2.24, 2.45) is 0 Å². The molecule has 0 atom stereocenters. The van der Waals surface area contributed by atoms with Crippen LogP contribution in [0.3, 0.4) is 0 Å². The summed E-state index contributed by atoms with van der Waals surface area (Å²) < 4.78 is 13.2. The molecule has 0 amide bonds. The van der Waals surface area contributed by atoms with Gasteiger partial charge in [-0.1, -0.05) is 18.7 Å². The minimum atomic E-state index is -0.356. The average molecular weight is 189 g/mol. The monoisotopic (exact) mass is 189 g/mol. The predicted octanol–water partition coefficient (Wildman–Crippen LogP) is 2.68. The molecule has 3 heteroatoms. The first-order chi connectivity index (χ1) is 6.72. The lowest BCUT2D eigenvalue weighted by Crippen LogP contribution is -1.92. The molecule has 0 fully saturated rings. The van der Waals surface area contributed by atoms with Crippen molar-refractivity contribution >= 4 is 16.7 Å². The van der Waals surface area contributed by atoms with Gasteiger partial charge in [0.15, 0.2) is 0 Å². The van der Waals surface area contributed by atoms with Crippen LogP contribution in [0.5, 0.6) is 0 Å². The summed E-state index contributed by atoms with van der Waals surface area (Å²) in [6, 6.07) is 6.31. The summed E-state index contributed by atoms with van der Waals surface area (Å²) in [6.07, 6.45) is 1.20.